The lowest BCUT2D eigenvalue weighted by Crippen LogP contribution is -2.40. The second-order valence-electron chi connectivity index (χ2n) is 3.49. The lowest BCUT2D eigenvalue weighted by atomic mass is 10.1. The molecule has 0 aromatic carbocycles. The molecule has 0 atom stereocenters. The Morgan fingerprint density at radius 3 is 2.67 bits per heavy atom. The third kappa shape index (κ3) is 2.58. The second-order valence-corrected chi connectivity index (χ2v) is 4.10. The van der Waals surface area contributed by atoms with Crippen LogP contribution in [-0.4, -0.2) is 21.0 Å². The number of carbonyl (C=O) groups is 1. The predicted molar refractivity (Wildman–Crippen MR) is 47.1 cm³/mol. The maximum atomic E-state index is 11.3. The summed E-state index contributed by atoms with van der Waals surface area (Å²) in [6.45, 7) is 5.76. The fourth-order valence-corrected chi connectivity index (χ4v) is 1.10. The highest BCUT2D eigenvalue weighted by molar-refractivity contribution is 7.03. The maximum absolute atomic E-state index is 11.3. The molecule has 1 heterocycles. The van der Waals surface area contributed by atoms with Gasteiger partial charge in [0.15, 0.2) is 5.69 Å². The van der Waals surface area contributed by atoms with Gasteiger partial charge in [0, 0.05) is 10.9 Å². The van der Waals surface area contributed by atoms with Gasteiger partial charge in [0.1, 0.15) is 0 Å². The van der Waals surface area contributed by atoms with E-state index < -0.39 is 0 Å². The number of nitrogens with one attached hydrogen (secondary N) is 1. The molecular formula is C7H11N3OS. The van der Waals surface area contributed by atoms with E-state index in [4.69, 9.17) is 0 Å². The van der Waals surface area contributed by atoms with Crippen LogP contribution in [0.25, 0.3) is 0 Å². The van der Waals surface area contributed by atoms with Crippen LogP contribution >= 0.6 is 11.5 Å². The van der Waals surface area contributed by atoms with Crippen molar-refractivity contribution < 1.29 is 4.79 Å². The Labute approximate surface area is 75.2 Å². The number of hydrogen-bond donors (Lipinski definition) is 1. The van der Waals surface area contributed by atoms with Crippen LogP contribution in [0.2, 0.25) is 0 Å². The van der Waals surface area contributed by atoms with Crippen molar-refractivity contribution >= 4 is 17.4 Å². The van der Waals surface area contributed by atoms with Crippen LogP contribution in [0.4, 0.5) is 0 Å². The Hall–Kier alpha value is -0.970. The Kier molecular flexibility index (Phi) is 2.42. The standard InChI is InChI=1S/C7H11N3OS/c1-7(2,3)8-6(11)5-4-12-10-9-5/h4H,1-3H3,(H,8,11). The molecule has 0 radical (unpaired) electrons. The second kappa shape index (κ2) is 3.18. The highest BCUT2D eigenvalue weighted by Crippen LogP contribution is 2.02. The zero-order valence-electron chi connectivity index (χ0n) is 7.29. The first-order valence-electron chi connectivity index (χ1n) is 3.58. The molecule has 0 spiro atoms. The van der Waals surface area contributed by atoms with Gasteiger partial charge < -0.3 is 5.32 Å². The van der Waals surface area contributed by atoms with Crippen LogP contribution in [0.3, 0.4) is 0 Å². The molecule has 1 amide bonds. The average molecular weight is 185 g/mol. The summed E-state index contributed by atoms with van der Waals surface area (Å²) in [6.07, 6.45) is 0. The Bertz CT molecular complexity index is 263. The van der Waals surface area contributed by atoms with Gasteiger partial charge in [-0.3, -0.25) is 4.79 Å². The van der Waals surface area contributed by atoms with E-state index in [0.717, 1.165) is 0 Å². The molecule has 1 rings (SSSR count). The van der Waals surface area contributed by atoms with Crippen LogP contribution in [0, 0.1) is 0 Å². The molecule has 5 heteroatoms. The van der Waals surface area contributed by atoms with Gasteiger partial charge in [-0.15, -0.1) is 5.10 Å². The van der Waals surface area contributed by atoms with Crippen LogP contribution in [-0.2, 0) is 0 Å². The summed E-state index contributed by atoms with van der Waals surface area (Å²) in [5.74, 6) is -0.170. The zero-order chi connectivity index (χ0) is 9.19. The molecule has 0 aliphatic carbocycles. The molecule has 1 aromatic rings. The molecule has 1 N–H and O–H groups in total. The summed E-state index contributed by atoms with van der Waals surface area (Å²) >= 11 is 1.17. The van der Waals surface area contributed by atoms with E-state index in [2.05, 4.69) is 14.9 Å². The van der Waals surface area contributed by atoms with E-state index in [-0.39, 0.29) is 11.4 Å². The van der Waals surface area contributed by atoms with Crippen molar-refractivity contribution in [2.24, 2.45) is 0 Å². The summed E-state index contributed by atoms with van der Waals surface area (Å²) < 4.78 is 3.60. The molecule has 0 aliphatic heterocycles. The van der Waals surface area contributed by atoms with Gasteiger partial charge >= 0.3 is 0 Å². The average Bonchev–Trinajstić information content (AvgIpc) is 2.32. The van der Waals surface area contributed by atoms with E-state index in [1.807, 2.05) is 20.8 Å². The van der Waals surface area contributed by atoms with Gasteiger partial charge in [-0.05, 0) is 32.3 Å². The van der Waals surface area contributed by atoms with Crippen molar-refractivity contribution in [3.05, 3.63) is 11.1 Å². The highest BCUT2D eigenvalue weighted by atomic mass is 32.1. The van der Waals surface area contributed by atoms with Crippen molar-refractivity contribution in [3.8, 4) is 0 Å². The van der Waals surface area contributed by atoms with Crippen molar-refractivity contribution in [2.75, 3.05) is 0 Å². The third-order valence-electron chi connectivity index (χ3n) is 1.08. The minimum Gasteiger partial charge on any atom is -0.346 e. The van der Waals surface area contributed by atoms with E-state index in [1.165, 1.54) is 11.5 Å². The van der Waals surface area contributed by atoms with Crippen molar-refractivity contribution in [3.63, 3.8) is 0 Å². The zero-order valence-corrected chi connectivity index (χ0v) is 8.10. The number of carbonyl (C=O) groups excluding carboxylic acids is 1. The summed E-state index contributed by atoms with van der Waals surface area (Å²) in [5.41, 5.74) is 0.163. The van der Waals surface area contributed by atoms with Gasteiger partial charge in [-0.25, -0.2) is 0 Å². The molecule has 0 unspecified atom stereocenters. The topological polar surface area (TPSA) is 54.9 Å². The Morgan fingerprint density at radius 2 is 2.25 bits per heavy atom. The summed E-state index contributed by atoms with van der Waals surface area (Å²) in [6, 6.07) is 0. The van der Waals surface area contributed by atoms with E-state index >= 15 is 0 Å². The van der Waals surface area contributed by atoms with Crippen LogP contribution < -0.4 is 5.32 Å². The number of amides is 1. The SMILES string of the molecule is CC(C)(C)NC(=O)c1csnn1. The molecule has 1 aromatic heterocycles. The molecule has 0 saturated carbocycles. The summed E-state index contributed by atoms with van der Waals surface area (Å²) in [7, 11) is 0. The maximum Gasteiger partial charge on any atom is 0.273 e. The van der Waals surface area contributed by atoms with Crippen molar-refractivity contribution in [1.82, 2.24) is 14.9 Å². The van der Waals surface area contributed by atoms with E-state index in [9.17, 15) is 4.79 Å². The first kappa shape index (κ1) is 9.12. The minimum atomic E-state index is -0.222. The monoisotopic (exact) mass is 185 g/mol. The quantitative estimate of drug-likeness (QED) is 0.712. The Morgan fingerprint density at radius 1 is 1.58 bits per heavy atom. The van der Waals surface area contributed by atoms with E-state index in [0.29, 0.717) is 5.69 Å². The molecule has 0 aliphatic rings. The van der Waals surface area contributed by atoms with Crippen LogP contribution in [0.15, 0.2) is 5.38 Å². The lowest BCUT2D eigenvalue weighted by Gasteiger charge is -2.19. The molecule has 12 heavy (non-hydrogen) atoms. The fourth-order valence-electron chi connectivity index (χ4n) is 0.668. The number of nitrogens with zero attached hydrogens (tertiary/aromatic N) is 2. The molecule has 0 fully saturated rings. The molecule has 4 nitrogen and oxygen atoms in total. The first-order valence-corrected chi connectivity index (χ1v) is 4.42. The predicted octanol–water partition coefficient (Wildman–Crippen LogP) is 1.07. The molecule has 0 saturated heterocycles. The van der Waals surface area contributed by atoms with Gasteiger partial charge in [0.05, 0.1) is 0 Å². The van der Waals surface area contributed by atoms with Gasteiger partial charge in [0.25, 0.3) is 5.91 Å². The third-order valence-corrected chi connectivity index (χ3v) is 1.59. The Balaban J connectivity index is 2.63. The molecule has 0 bridgehead atoms. The van der Waals surface area contributed by atoms with Gasteiger partial charge in [-0.2, -0.15) is 0 Å². The summed E-state index contributed by atoms with van der Waals surface area (Å²) in [4.78, 5) is 11.3. The number of aromatic nitrogens is 2. The normalized spacial score (nSPS) is 11.2. The summed E-state index contributed by atoms with van der Waals surface area (Å²) in [5, 5.41) is 8.07. The lowest BCUT2D eigenvalue weighted by molar-refractivity contribution is 0.0914. The molecule has 66 valence electrons. The molecular weight excluding hydrogens is 174 g/mol. The minimum absolute atomic E-state index is 0.170. The number of rotatable bonds is 1. The fraction of sp³-hybridized carbons (Fsp3) is 0.571. The van der Waals surface area contributed by atoms with Crippen LogP contribution in [0.5, 0.6) is 0 Å². The van der Waals surface area contributed by atoms with Gasteiger partial charge in [-0.1, -0.05) is 4.49 Å². The van der Waals surface area contributed by atoms with E-state index in [1.54, 1.807) is 5.38 Å². The van der Waals surface area contributed by atoms with Crippen molar-refractivity contribution in [2.45, 2.75) is 26.3 Å². The van der Waals surface area contributed by atoms with Crippen LogP contribution in [0.1, 0.15) is 31.3 Å². The number of hydrogen-bond acceptors (Lipinski definition) is 4. The smallest absolute Gasteiger partial charge is 0.273 e. The largest absolute Gasteiger partial charge is 0.346 e. The van der Waals surface area contributed by atoms with Crippen molar-refractivity contribution in [1.29, 1.82) is 0 Å². The highest BCUT2D eigenvalue weighted by Gasteiger charge is 2.16. The van der Waals surface area contributed by atoms with Gasteiger partial charge in [0.2, 0.25) is 0 Å². The first-order chi connectivity index (χ1) is 5.49.